The number of hydrogen-bond acceptors (Lipinski definition) is 4. The fraction of sp³-hybridized carbons (Fsp3) is 0.353. The van der Waals surface area contributed by atoms with Crippen LogP contribution < -0.4 is 9.47 Å². The molecule has 1 aromatic heterocycles. The molecule has 0 spiro atoms. The Morgan fingerprint density at radius 2 is 2.14 bits per heavy atom. The average molecular weight is 317 g/mol. The van der Waals surface area contributed by atoms with Crippen LogP contribution in [0.2, 0.25) is 0 Å². The predicted octanol–water partition coefficient (Wildman–Crippen LogP) is 3.40. The van der Waals surface area contributed by atoms with Crippen LogP contribution in [0.4, 0.5) is 0 Å². The molecule has 2 aromatic rings. The van der Waals surface area contributed by atoms with Gasteiger partial charge in [-0.25, -0.2) is 0 Å². The van der Waals surface area contributed by atoms with Gasteiger partial charge in [0.1, 0.15) is 11.5 Å². The van der Waals surface area contributed by atoms with Gasteiger partial charge in [0.15, 0.2) is 0 Å². The summed E-state index contributed by atoms with van der Waals surface area (Å²) >= 11 is 1.55. The van der Waals surface area contributed by atoms with Crippen LogP contribution in [-0.4, -0.2) is 38.1 Å². The SMILES string of the molecule is COc1ccc(OC)c([C@H]2CCN(C(=O)c3ccsc3)C2)c1. The zero-order valence-corrected chi connectivity index (χ0v) is 13.6. The van der Waals surface area contributed by atoms with Crippen LogP contribution in [0.25, 0.3) is 0 Å². The quantitative estimate of drug-likeness (QED) is 0.867. The Hall–Kier alpha value is -2.01. The van der Waals surface area contributed by atoms with Crippen molar-refractivity contribution < 1.29 is 14.3 Å². The standard InChI is InChI=1S/C17H19NO3S/c1-20-14-3-4-16(21-2)15(9-14)12-5-7-18(10-12)17(19)13-6-8-22-11-13/h3-4,6,8-9,11-12H,5,7,10H2,1-2H3/t12-/m0/s1. The van der Waals surface area contributed by atoms with Gasteiger partial charge in [-0.2, -0.15) is 11.3 Å². The van der Waals surface area contributed by atoms with Crippen molar-refractivity contribution in [2.24, 2.45) is 0 Å². The van der Waals surface area contributed by atoms with E-state index >= 15 is 0 Å². The third-order valence-corrected chi connectivity index (χ3v) is 4.80. The summed E-state index contributed by atoms with van der Waals surface area (Å²) in [6.07, 6.45) is 0.944. The second-order valence-electron chi connectivity index (χ2n) is 5.36. The molecular weight excluding hydrogens is 298 g/mol. The molecule has 0 bridgehead atoms. The topological polar surface area (TPSA) is 38.8 Å². The highest BCUT2D eigenvalue weighted by Crippen LogP contribution is 2.36. The normalized spacial score (nSPS) is 17.5. The molecule has 1 aliphatic heterocycles. The molecule has 1 fully saturated rings. The maximum atomic E-state index is 12.4. The fourth-order valence-corrected chi connectivity index (χ4v) is 3.56. The minimum absolute atomic E-state index is 0.116. The zero-order valence-electron chi connectivity index (χ0n) is 12.7. The number of benzene rings is 1. The van der Waals surface area contributed by atoms with Crippen LogP contribution in [0.5, 0.6) is 11.5 Å². The lowest BCUT2D eigenvalue weighted by Crippen LogP contribution is -2.28. The molecule has 0 aliphatic carbocycles. The number of carbonyl (C=O) groups excluding carboxylic acids is 1. The molecule has 0 saturated carbocycles. The van der Waals surface area contributed by atoms with Crippen LogP contribution in [0.15, 0.2) is 35.0 Å². The Morgan fingerprint density at radius 3 is 2.82 bits per heavy atom. The number of rotatable bonds is 4. The lowest BCUT2D eigenvalue weighted by Gasteiger charge is -2.18. The van der Waals surface area contributed by atoms with E-state index in [1.807, 2.05) is 39.9 Å². The Kier molecular flexibility index (Phi) is 4.34. The number of carbonyl (C=O) groups is 1. The van der Waals surface area contributed by atoms with Crippen LogP contribution in [0.3, 0.4) is 0 Å². The lowest BCUT2D eigenvalue weighted by atomic mass is 9.97. The van der Waals surface area contributed by atoms with Crippen molar-refractivity contribution in [2.45, 2.75) is 12.3 Å². The molecule has 0 unspecified atom stereocenters. The van der Waals surface area contributed by atoms with Gasteiger partial charge < -0.3 is 14.4 Å². The van der Waals surface area contributed by atoms with E-state index in [9.17, 15) is 4.79 Å². The molecule has 3 rings (SSSR count). The summed E-state index contributed by atoms with van der Waals surface area (Å²) in [6.45, 7) is 1.50. The first-order valence-corrected chi connectivity index (χ1v) is 8.20. The van der Waals surface area contributed by atoms with Gasteiger partial charge in [-0.3, -0.25) is 4.79 Å². The molecule has 22 heavy (non-hydrogen) atoms. The molecule has 1 aromatic carbocycles. The summed E-state index contributed by atoms with van der Waals surface area (Å²) in [4.78, 5) is 14.4. The van der Waals surface area contributed by atoms with Crippen LogP contribution in [0.1, 0.15) is 28.3 Å². The molecule has 116 valence electrons. The van der Waals surface area contributed by atoms with Crippen molar-refractivity contribution in [1.82, 2.24) is 4.90 Å². The van der Waals surface area contributed by atoms with E-state index in [0.717, 1.165) is 42.1 Å². The maximum absolute atomic E-state index is 12.4. The van der Waals surface area contributed by atoms with Gasteiger partial charge in [-0.05, 0) is 36.1 Å². The highest BCUT2D eigenvalue weighted by atomic mass is 32.1. The van der Waals surface area contributed by atoms with Crippen LogP contribution >= 0.6 is 11.3 Å². The molecule has 1 atom stereocenters. The van der Waals surface area contributed by atoms with Gasteiger partial charge >= 0.3 is 0 Å². The van der Waals surface area contributed by atoms with E-state index in [0.29, 0.717) is 0 Å². The molecule has 0 radical (unpaired) electrons. The third-order valence-electron chi connectivity index (χ3n) is 4.12. The van der Waals surface area contributed by atoms with Gasteiger partial charge in [0.05, 0.1) is 19.8 Å². The highest BCUT2D eigenvalue weighted by Gasteiger charge is 2.30. The molecule has 4 nitrogen and oxygen atoms in total. The first kappa shape index (κ1) is 14.9. The number of ether oxygens (including phenoxy) is 2. The highest BCUT2D eigenvalue weighted by molar-refractivity contribution is 7.08. The Labute approximate surface area is 134 Å². The fourth-order valence-electron chi connectivity index (χ4n) is 2.93. The minimum atomic E-state index is 0.116. The van der Waals surface area contributed by atoms with Gasteiger partial charge in [0.2, 0.25) is 0 Å². The molecule has 1 amide bonds. The van der Waals surface area contributed by atoms with Crippen molar-refractivity contribution in [2.75, 3.05) is 27.3 Å². The monoisotopic (exact) mass is 317 g/mol. The number of nitrogens with zero attached hydrogens (tertiary/aromatic N) is 1. The van der Waals surface area contributed by atoms with Gasteiger partial charge in [-0.1, -0.05) is 0 Å². The van der Waals surface area contributed by atoms with Gasteiger partial charge in [-0.15, -0.1) is 0 Å². The van der Waals surface area contributed by atoms with E-state index in [1.54, 1.807) is 25.6 Å². The van der Waals surface area contributed by atoms with Crippen molar-refractivity contribution in [3.8, 4) is 11.5 Å². The Morgan fingerprint density at radius 1 is 1.27 bits per heavy atom. The predicted molar refractivity (Wildman–Crippen MR) is 87.1 cm³/mol. The number of methoxy groups -OCH3 is 2. The summed E-state index contributed by atoms with van der Waals surface area (Å²) in [5, 5.41) is 3.84. The Balaban J connectivity index is 1.79. The molecule has 1 aliphatic rings. The summed E-state index contributed by atoms with van der Waals surface area (Å²) in [5.41, 5.74) is 1.89. The van der Waals surface area contributed by atoms with Gasteiger partial charge in [0, 0.05) is 30.0 Å². The molecule has 5 heteroatoms. The molecule has 0 N–H and O–H groups in total. The van der Waals surface area contributed by atoms with Gasteiger partial charge in [0.25, 0.3) is 5.91 Å². The van der Waals surface area contributed by atoms with E-state index in [4.69, 9.17) is 9.47 Å². The number of amides is 1. The second-order valence-corrected chi connectivity index (χ2v) is 6.14. The van der Waals surface area contributed by atoms with Crippen molar-refractivity contribution in [1.29, 1.82) is 0 Å². The second kappa shape index (κ2) is 6.40. The first-order valence-electron chi connectivity index (χ1n) is 7.26. The number of thiophene rings is 1. The zero-order chi connectivity index (χ0) is 15.5. The third kappa shape index (κ3) is 2.81. The number of likely N-dealkylation sites (tertiary alicyclic amines) is 1. The summed E-state index contributed by atoms with van der Waals surface area (Å²) < 4.78 is 10.8. The smallest absolute Gasteiger partial charge is 0.254 e. The summed E-state index contributed by atoms with van der Waals surface area (Å²) in [7, 11) is 3.33. The average Bonchev–Trinajstić information content (AvgIpc) is 3.25. The minimum Gasteiger partial charge on any atom is -0.497 e. The molecular formula is C17H19NO3S. The maximum Gasteiger partial charge on any atom is 0.254 e. The van der Waals surface area contributed by atoms with Crippen LogP contribution in [-0.2, 0) is 0 Å². The summed E-state index contributed by atoms with van der Waals surface area (Å²) in [5.74, 6) is 2.08. The largest absolute Gasteiger partial charge is 0.497 e. The van der Waals surface area contributed by atoms with Crippen molar-refractivity contribution >= 4 is 17.2 Å². The number of hydrogen-bond donors (Lipinski definition) is 0. The molecule has 2 heterocycles. The van der Waals surface area contributed by atoms with Crippen LogP contribution in [0, 0.1) is 0 Å². The Bertz CT molecular complexity index is 654. The first-order chi connectivity index (χ1) is 10.7. The van der Waals surface area contributed by atoms with Crippen molar-refractivity contribution in [3.05, 3.63) is 46.2 Å². The van der Waals surface area contributed by atoms with E-state index in [-0.39, 0.29) is 11.8 Å². The molecule has 1 saturated heterocycles. The van der Waals surface area contributed by atoms with Crippen molar-refractivity contribution in [3.63, 3.8) is 0 Å². The van der Waals surface area contributed by atoms with E-state index in [2.05, 4.69) is 0 Å². The van der Waals surface area contributed by atoms with E-state index < -0.39 is 0 Å². The van der Waals surface area contributed by atoms with E-state index in [1.165, 1.54) is 0 Å². The summed E-state index contributed by atoms with van der Waals surface area (Å²) in [6, 6.07) is 7.72. The lowest BCUT2D eigenvalue weighted by molar-refractivity contribution is 0.0791.